The van der Waals surface area contributed by atoms with Crippen molar-refractivity contribution in [1.82, 2.24) is 0 Å². The summed E-state index contributed by atoms with van der Waals surface area (Å²) >= 11 is 0. The Bertz CT molecular complexity index is 1240. The van der Waals surface area contributed by atoms with Crippen LogP contribution >= 0.6 is 7.60 Å². The van der Waals surface area contributed by atoms with E-state index in [9.17, 15) is 14.8 Å². The molecule has 2 atom stereocenters. The van der Waals surface area contributed by atoms with E-state index in [0.717, 1.165) is 28.0 Å². The van der Waals surface area contributed by atoms with Crippen molar-refractivity contribution in [3.05, 3.63) is 76.9 Å². The highest BCUT2D eigenvalue weighted by atomic mass is 31.2. The third-order valence-corrected chi connectivity index (χ3v) is 7.54. The van der Waals surface area contributed by atoms with Crippen LogP contribution in [0.25, 0.3) is 0 Å². The molecule has 7 nitrogen and oxygen atoms in total. The summed E-state index contributed by atoms with van der Waals surface area (Å²) in [4.78, 5) is 0. The minimum atomic E-state index is -3.49. The van der Waals surface area contributed by atoms with Gasteiger partial charge in [-0.05, 0) is 84.5 Å². The third kappa shape index (κ3) is 8.76. The van der Waals surface area contributed by atoms with Crippen LogP contribution in [0.1, 0.15) is 76.3 Å². The molecule has 2 N–H and O–H groups in total. The Kier molecular flexibility index (Phi) is 12.9. The van der Waals surface area contributed by atoms with Gasteiger partial charge in [-0.2, -0.15) is 0 Å². The second-order valence-corrected chi connectivity index (χ2v) is 10.5. The maximum Gasteiger partial charge on any atom is 0.368 e. The maximum absolute atomic E-state index is 13.2. The van der Waals surface area contributed by atoms with Crippen LogP contribution in [0.15, 0.2) is 54.6 Å². The zero-order chi connectivity index (χ0) is 29.0. The molecule has 1 aliphatic rings. The predicted molar refractivity (Wildman–Crippen MR) is 156 cm³/mol. The molecule has 0 radical (unpaired) electrons. The van der Waals surface area contributed by atoms with Crippen molar-refractivity contribution in [3.63, 3.8) is 0 Å². The fourth-order valence-electron chi connectivity index (χ4n) is 4.08. The molecule has 3 aromatic carbocycles. The van der Waals surface area contributed by atoms with E-state index >= 15 is 0 Å². The number of aryl methyl sites for hydroxylation is 3. The van der Waals surface area contributed by atoms with Crippen molar-refractivity contribution in [2.75, 3.05) is 13.0 Å². The van der Waals surface area contributed by atoms with Gasteiger partial charge in [0.2, 0.25) is 0 Å². The van der Waals surface area contributed by atoms with Crippen LogP contribution in [-0.4, -0.2) is 23.2 Å². The van der Waals surface area contributed by atoms with Gasteiger partial charge >= 0.3 is 7.60 Å². The Morgan fingerprint density at radius 1 is 0.923 bits per heavy atom. The van der Waals surface area contributed by atoms with Crippen LogP contribution in [0.4, 0.5) is 0 Å². The van der Waals surface area contributed by atoms with E-state index in [-0.39, 0.29) is 24.5 Å². The van der Waals surface area contributed by atoms with Crippen LogP contribution in [0.3, 0.4) is 0 Å². The Balaban J connectivity index is 0.00000127. The van der Waals surface area contributed by atoms with E-state index in [1.807, 2.05) is 72.7 Å². The number of phenolic OH excluding ortho intramolecular Hbond substituents is 2. The highest BCUT2D eigenvalue weighted by molar-refractivity contribution is 7.53. The summed E-state index contributed by atoms with van der Waals surface area (Å²) in [5, 5.41) is 19.7. The van der Waals surface area contributed by atoms with E-state index in [1.54, 1.807) is 30.3 Å². The SMILES string of the molecule is CC.CC.CCc1cc(Oc2c(C)cc(OCP3(=O)OCCC(c4cccc(O)c4)O3)cc2CC)ccc1O. The van der Waals surface area contributed by atoms with Gasteiger partial charge in [0.15, 0.2) is 6.35 Å². The summed E-state index contributed by atoms with van der Waals surface area (Å²) in [5.41, 5.74) is 3.37. The zero-order valence-electron chi connectivity index (χ0n) is 24.2. The second kappa shape index (κ2) is 15.6. The Morgan fingerprint density at radius 3 is 2.28 bits per heavy atom. The fraction of sp³-hybridized carbons (Fsp3) is 0.419. The summed E-state index contributed by atoms with van der Waals surface area (Å²) < 4.78 is 36.6. The first kappa shape index (κ1) is 32.2. The van der Waals surface area contributed by atoms with Crippen molar-refractivity contribution in [2.24, 2.45) is 0 Å². The van der Waals surface area contributed by atoms with E-state index < -0.39 is 13.7 Å². The molecule has 4 rings (SSSR count). The minimum Gasteiger partial charge on any atom is -0.508 e. The molecular weight excluding hydrogens is 515 g/mol. The van der Waals surface area contributed by atoms with Crippen LogP contribution in [0, 0.1) is 6.92 Å². The number of hydrogen-bond donors (Lipinski definition) is 2. The van der Waals surface area contributed by atoms with Crippen molar-refractivity contribution in [1.29, 1.82) is 0 Å². The molecule has 3 aromatic rings. The van der Waals surface area contributed by atoms with Gasteiger partial charge in [0.1, 0.15) is 28.7 Å². The Labute approximate surface area is 233 Å². The Hall–Kier alpha value is -2.99. The molecule has 214 valence electrons. The molecule has 1 heterocycles. The molecule has 0 amide bonds. The summed E-state index contributed by atoms with van der Waals surface area (Å²) in [6, 6.07) is 15.7. The van der Waals surface area contributed by atoms with Gasteiger partial charge in [0.05, 0.1) is 12.7 Å². The molecule has 0 spiro atoms. The number of rotatable bonds is 8. The van der Waals surface area contributed by atoms with Gasteiger partial charge in [0.25, 0.3) is 0 Å². The second-order valence-electron chi connectivity index (χ2n) is 8.52. The largest absolute Gasteiger partial charge is 0.508 e. The molecular formula is C31H43O7P. The number of hydrogen-bond acceptors (Lipinski definition) is 7. The van der Waals surface area contributed by atoms with Crippen molar-refractivity contribution >= 4 is 7.60 Å². The van der Waals surface area contributed by atoms with E-state index in [0.29, 0.717) is 30.8 Å². The minimum absolute atomic E-state index is 0.131. The van der Waals surface area contributed by atoms with Gasteiger partial charge in [0, 0.05) is 6.42 Å². The predicted octanol–water partition coefficient (Wildman–Crippen LogP) is 9.08. The fourth-order valence-corrected chi connectivity index (χ4v) is 5.58. The lowest BCUT2D eigenvalue weighted by Gasteiger charge is -2.30. The molecule has 2 unspecified atom stereocenters. The third-order valence-electron chi connectivity index (χ3n) is 5.94. The van der Waals surface area contributed by atoms with E-state index in [1.165, 1.54) is 0 Å². The highest BCUT2D eigenvalue weighted by Crippen LogP contribution is 2.56. The highest BCUT2D eigenvalue weighted by Gasteiger charge is 2.35. The quantitative estimate of drug-likeness (QED) is 0.266. The van der Waals surface area contributed by atoms with Crippen molar-refractivity contribution < 1.29 is 33.3 Å². The molecule has 0 saturated carbocycles. The number of phenols is 2. The summed E-state index contributed by atoms with van der Waals surface area (Å²) in [6.45, 7) is 14.2. The molecule has 1 aliphatic heterocycles. The first-order valence-electron chi connectivity index (χ1n) is 13.8. The molecule has 1 fully saturated rings. The van der Waals surface area contributed by atoms with Crippen LogP contribution in [-0.2, 0) is 26.5 Å². The topological polar surface area (TPSA) is 94.5 Å². The lowest BCUT2D eigenvalue weighted by atomic mass is 10.1. The molecule has 39 heavy (non-hydrogen) atoms. The van der Waals surface area contributed by atoms with Gasteiger partial charge in [-0.1, -0.05) is 53.7 Å². The van der Waals surface area contributed by atoms with Crippen molar-refractivity contribution in [2.45, 2.75) is 73.8 Å². The normalized spacial score (nSPS) is 18.2. The molecule has 1 saturated heterocycles. The standard InChI is InChI=1S/C27H31O7P.2C2H6/c1-4-19-15-23(9-10-25(19)29)33-27-18(3)13-24(16-20(27)5-2)31-17-35(30)32-12-11-26(34-35)21-7-6-8-22(28)14-21;2*1-2/h6-10,13-16,26,28-29H,4-5,11-12,17H2,1-3H3;2*1-2H3. The lowest BCUT2D eigenvalue weighted by molar-refractivity contribution is 0.0724. The first-order valence-corrected chi connectivity index (χ1v) is 15.5. The summed E-state index contributed by atoms with van der Waals surface area (Å²) in [6.07, 6.45) is 1.29. The van der Waals surface area contributed by atoms with Gasteiger partial charge < -0.3 is 24.2 Å². The lowest BCUT2D eigenvalue weighted by Crippen LogP contribution is -2.17. The van der Waals surface area contributed by atoms with Gasteiger partial charge in [-0.3, -0.25) is 9.09 Å². The molecule has 8 heteroatoms. The average Bonchev–Trinajstić information content (AvgIpc) is 2.96. The Morgan fingerprint density at radius 2 is 1.62 bits per heavy atom. The summed E-state index contributed by atoms with van der Waals surface area (Å²) in [5.74, 6) is 2.32. The van der Waals surface area contributed by atoms with Gasteiger partial charge in [-0.25, -0.2) is 0 Å². The smallest absolute Gasteiger partial charge is 0.368 e. The van der Waals surface area contributed by atoms with E-state index in [2.05, 4.69) is 0 Å². The van der Waals surface area contributed by atoms with Crippen LogP contribution < -0.4 is 9.47 Å². The summed E-state index contributed by atoms with van der Waals surface area (Å²) in [7, 11) is -3.49. The molecule has 0 aromatic heterocycles. The first-order chi connectivity index (χ1) is 18.8. The van der Waals surface area contributed by atoms with Gasteiger partial charge in [-0.15, -0.1) is 0 Å². The molecule has 0 aliphatic carbocycles. The van der Waals surface area contributed by atoms with Crippen LogP contribution in [0.5, 0.6) is 28.7 Å². The number of aromatic hydroxyl groups is 2. The molecule has 0 bridgehead atoms. The average molecular weight is 559 g/mol. The van der Waals surface area contributed by atoms with Crippen LogP contribution in [0.2, 0.25) is 0 Å². The number of ether oxygens (including phenoxy) is 2. The monoisotopic (exact) mass is 558 g/mol. The zero-order valence-corrected chi connectivity index (χ0v) is 25.1. The van der Waals surface area contributed by atoms with E-state index in [4.69, 9.17) is 18.5 Å². The number of benzene rings is 3. The van der Waals surface area contributed by atoms with Crippen molar-refractivity contribution in [3.8, 4) is 28.7 Å². The maximum atomic E-state index is 13.2.